The van der Waals surface area contributed by atoms with Crippen LogP contribution in [0.15, 0.2) is 34.5 Å². The molecule has 0 atom stereocenters. The van der Waals surface area contributed by atoms with Gasteiger partial charge < -0.3 is 5.43 Å². The van der Waals surface area contributed by atoms with Gasteiger partial charge in [-0.25, -0.2) is 14.3 Å². The Morgan fingerprint density at radius 3 is 2.57 bits per heavy atom. The lowest BCUT2D eigenvalue weighted by Gasteiger charge is -2.05. The van der Waals surface area contributed by atoms with Gasteiger partial charge >= 0.3 is 5.69 Å². The molecule has 2 rings (SSSR count). The van der Waals surface area contributed by atoms with Gasteiger partial charge in [-0.15, -0.1) is 0 Å². The van der Waals surface area contributed by atoms with Crippen LogP contribution in [0.1, 0.15) is 0 Å². The number of anilines is 2. The second-order valence-corrected chi connectivity index (χ2v) is 7.19. The number of sulfonamides is 1. The molecular formula is C10H9ClN4O4S2. The monoisotopic (exact) mass is 348 g/mol. The Bertz CT molecular complexity index is 790. The number of halogens is 1. The van der Waals surface area contributed by atoms with Crippen LogP contribution in [-0.4, -0.2) is 13.3 Å². The van der Waals surface area contributed by atoms with Gasteiger partial charge in [-0.05, 0) is 18.2 Å². The van der Waals surface area contributed by atoms with E-state index in [1.165, 1.54) is 12.1 Å². The van der Waals surface area contributed by atoms with E-state index < -0.39 is 20.6 Å². The minimum Gasteiger partial charge on any atom is -0.310 e. The van der Waals surface area contributed by atoms with Gasteiger partial charge in [-0.3, -0.25) is 14.8 Å². The fourth-order valence-corrected chi connectivity index (χ4v) is 3.97. The number of hydrazine groups is 1. The molecule has 0 aliphatic rings. The Hall–Kier alpha value is -1.88. The molecule has 21 heavy (non-hydrogen) atoms. The third-order valence-electron chi connectivity index (χ3n) is 2.36. The lowest BCUT2D eigenvalue weighted by Crippen LogP contribution is -2.11. The highest BCUT2D eigenvalue weighted by Crippen LogP contribution is 2.37. The van der Waals surface area contributed by atoms with Crippen molar-refractivity contribution in [1.82, 2.24) is 0 Å². The summed E-state index contributed by atoms with van der Waals surface area (Å²) in [5, 5.41) is 11.1. The molecule has 0 saturated heterocycles. The molecule has 112 valence electrons. The maximum absolute atomic E-state index is 12.2. The van der Waals surface area contributed by atoms with E-state index in [1.807, 2.05) is 0 Å². The molecule has 0 saturated carbocycles. The van der Waals surface area contributed by atoms with Crippen LogP contribution in [0.2, 0.25) is 5.02 Å². The van der Waals surface area contributed by atoms with E-state index in [0.717, 1.165) is 6.07 Å². The predicted octanol–water partition coefficient (Wildman–Crippen LogP) is 2.40. The molecule has 0 aliphatic carbocycles. The minimum absolute atomic E-state index is 0.0496. The van der Waals surface area contributed by atoms with Crippen molar-refractivity contribution in [2.75, 3.05) is 10.1 Å². The molecule has 4 N–H and O–H groups in total. The number of nitro groups is 1. The summed E-state index contributed by atoms with van der Waals surface area (Å²) in [4.78, 5) is 10.1. The Kier molecular flexibility index (Phi) is 4.32. The van der Waals surface area contributed by atoms with Gasteiger partial charge in [0.2, 0.25) is 0 Å². The van der Waals surface area contributed by atoms with Crippen LogP contribution in [0.25, 0.3) is 0 Å². The zero-order chi connectivity index (χ0) is 15.6. The Morgan fingerprint density at radius 1 is 1.33 bits per heavy atom. The van der Waals surface area contributed by atoms with Crippen molar-refractivity contribution >= 4 is 49.3 Å². The third kappa shape index (κ3) is 3.42. The van der Waals surface area contributed by atoms with Crippen molar-refractivity contribution < 1.29 is 13.3 Å². The maximum atomic E-state index is 12.2. The molecular weight excluding hydrogens is 340 g/mol. The third-order valence-corrected chi connectivity index (χ3v) is 5.50. The van der Waals surface area contributed by atoms with Crippen LogP contribution in [0.5, 0.6) is 0 Å². The Morgan fingerprint density at radius 2 is 2.05 bits per heavy atom. The number of hydrogen-bond acceptors (Lipinski definition) is 7. The van der Waals surface area contributed by atoms with E-state index in [2.05, 4.69) is 10.1 Å². The van der Waals surface area contributed by atoms with Crippen LogP contribution in [0.4, 0.5) is 16.4 Å². The zero-order valence-electron chi connectivity index (χ0n) is 10.2. The van der Waals surface area contributed by atoms with Crippen LogP contribution in [0.3, 0.4) is 0 Å². The van der Waals surface area contributed by atoms with Gasteiger partial charge in [0.15, 0.2) is 5.00 Å². The van der Waals surface area contributed by atoms with Crippen molar-refractivity contribution in [3.63, 3.8) is 0 Å². The molecule has 1 aromatic carbocycles. The lowest BCUT2D eigenvalue weighted by atomic mass is 10.3. The molecule has 11 heteroatoms. The molecule has 1 heterocycles. The summed E-state index contributed by atoms with van der Waals surface area (Å²) >= 11 is 6.42. The number of nitrogens with zero attached hydrogens (tertiary/aromatic N) is 1. The summed E-state index contributed by atoms with van der Waals surface area (Å²) in [6.07, 6.45) is 0. The predicted molar refractivity (Wildman–Crippen MR) is 81.0 cm³/mol. The number of nitrogen functional groups attached to an aromatic ring is 1. The molecule has 1 aromatic heterocycles. The average molecular weight is 349 g/mol. The fourth-order valence-electron chi connectivity index (χ4n) is 1.49. The molecule has 0 bridgehead atoms. The molecule has 0 amide bonds. The number of rotatable bonds is 5. The second kappa shape index (κ2) is 5.85. The largest absolute Gasteiger partial charge is 0.310 e. The zero-order valence-corrected chi connectivity index (χ0v) is 12.6. The van der Waals surface area contributed by atoms with Crippen molar-refractivity contribution in [3.05, 3.63) is 45.5 Å². The molecule has 2 aromatic rings. The summed E-state index contributed by atoms with van der Waals surface area (Å²) in [7, 11) is -3.97. The first kappa shape index (κ1) is 15.5. The highest BCUT2D eigenvalue weighted by atomic mass is 35.5. The average Bonchev–Trinajstić information content (AvgIpc) is 2.83. The first-order chi connectivity index (χ1) is 9.83. The van der Waals surface area contributed by atoms with Gasteiger partial charge in [-0.1, -0.05) is 29.0 Å². The van der Waals surface area contributed by atoms with E-state index in [4.69, 9.17) is 17.4 Å². The van der Waals surface area contributed by atoms with Gasteiger partial charge in [0.25, 0.3) is 10.0 Å². The fraction of sp³-hybridized carbons (Fsp3) is 0. The Labute approximate surface area is 128 Å². The van der Waals surface area contributed by atoms with E-state index in [9.17, 15) is 18.5 Å². The molecule has 8 nitrogen and oxygen atoms in total. The summed E-state index contributed by atoms with van der Waals surface area (Å²) in [6, 6.07) is 7.03. The molecule has 0 fully saturated rings. The summed E-state index contributed by atoms with van der Waals surface area (Å²) in [5.41, 5.74) is 1.95. The number of thiophene rings is 1. The summed E-state index contributed by atoms with van der Waals surface area (Å²) in [5.74, 6) is 5.14. The van der Waals surface area contributed by atoms with E-state index in [-0.39, 0.29) is 14.9 Å². The number of nitrogens with two attached hydrogens (primary N) is 1. The molecule has 0 spiro atoms. The topological polar surface area (TPSA) is 127 Å². The van der Waals surface area contributed by atoms with Gasteiger partial charge in [0.1, 0.15) is 4.21 Å². The lowest BCUT2D eigenvalue weighted by molar-refractivity contribution is -0.383. The van der Waals surface area contributed by atoms with Crippen LogP contribution in [0, 0.1) is 10.1 Å². The normalized spacial score (nSPS) is 11.1. The number of nitrogens with one attached hydrogen (secondary N) is 2. The SMILES string of the molecule is NNc1sc(S(=O)(=O)Nc2cccc(Cl)c2)cc1[N+](=O)[O-]. The van der Waals surface area contributed by atoms with E-state index in [0.29, 0.717) is 16.4 Å². The maximum Gasteiger partial charge on any atom is 0.306 e. The van der Waals surface area contributed by atoms with Crippen LogP contribution < -0.4 is 16.0 Å². The standard InChI is InChI=1S/C10H9ClN4O4S2/c11-6-2-1-3-7(4-6)14-21(18,19)9-5-8(15(16)17)10(13-12)20-9/h1-5,13-14H,12H2. The highest BCUT2D eigenvalue weighted by molar-refractivity contribution is 7.94. The summed E-state index contributed by atoms with van der Waals surface area (Å²) in [6.45, 7) is 0. The number of benzene rings is 1. The van der Waals surface area contributed by atoms with Crippen molar-refractivity contribution in [1.29, 1.82) is 0 Å². The van der Waals surface area contributed by atoms with Crippen molar-refractivity contribution in [2.24, 2.45) is 5.84 Å². The van der Waals surface area contributed by atoms with Gasteiger partial charge in [-0.2, -0.15) is 0 Å². The smallest absolute Gasteiger partial charge is 0.306 e. The number of hydrogen-bond donors (Lipinski definition) is 3. The highest BCUT2D eigenvalue weighted by Gasteiger charge is 2.26. The van der Waals surface area contributed by atoms with Crippen LogP contribution >= 0.6 is 22.9 Å². The first-order valence-corrected chi connectivity index (χ1v) is 8.04. The van der Waals surface area contributed by atoms with Crippen molar-refractivity contribution in [3.8, 4) is 0 Å². The second-order valence-electron chi connectivity index (χ2n) is 3.80. The van der Waals surface area contributed by atoms with E-state index in [1.54, 1.807) is 12.1 Å². The molecule has 0 unspecified atom stereocenters. The van der Waals surface area contributed by atoms with Gasteiger partial charge in [0.05, 0.1) is 10.6 Å². The summed E-state index contributed by atoms with van der Waals surface area (Å²) < 4.78 is 26.4. The van der Waals surface area contributed by atoms with Gasteiger partial charge in [0, 0.05) is 11.1 Å². The van der Waals surface area contributed by atoms with E-state index >= 15 is 0 Å². The molecule has 0 aliphatic heterocycles. The first-order valence-electron chi connectivity index (χ1n) is 5.36. The quantitative estimate of drug-likeness (QED) is 0.432. The van der Waals surface area contributed by atoms with Crippen molar-refractivity contribution in [2.45, 2.75) is 4.21 Å². The Balaban J connectivity index is 2.38. The van der Waals surface area contributed by atoms with Crippen LogP contribution in [-0.2, 0) is 10.0 Å². The molecule has 0 radical (unpaired) electrons. The minimum atomic E-state index is -3.97.